The number of benzene rings is 2. The van der Waals surface area contributed by atoms with Gasteiger partial charge in [-0.2, -0.15) is 0 Å². The summed E-state index contributed by atoms with van der Waals surface area (Å²) >= 11 is 5.90. The first-order valence-corrected chi connectivity index (χ1v) is 9.11. The molecular weight excluding hydrogens is 336 g/mol. The molecule has 1 spiro atoms. The zero-order valence-corrected chi connectivity index (χ0v) is 15.0. The Balaban J connectivity index is 1.55. The molecule has 1 fully saturated rings. The Labute approximate surface area is 152 Å². The molecule has 4 heteroatoms. The molecule has 2 aliphatic carbocycles. The molecule has 0 bridgehead atoms. The van der Waals surface area contributed by atoms with Gasteiger partial charge in [-0.25, -0.2) is 0 Å². The Bertz CT molecular complexity index is 789. The quantitative estimate of drug-likeness (QED) is 0.733. The molecule has 0 saturated heterocycles. The molecule has 0 aliphatic heterocycles. The van der Waals surface area contributed by atoms with Crippen molar-refractivity contribution in [2.75, 3.05) is 7.11 Å². The number of halogens is 1. The van der Waals surface area contributed by atoms with Gasteiger partial charge in [0.05, 0.1) is 6.10 Å². The van der Waals surface area contributed by atoms with Crippen molar-refractivity contribution in [3.05, 3.63) is 58.6 Å². The summed E-state index contributed by atoms with van der Waals surface area (Å²) in [7, 11) is 1.76. The summed E-state index contributed by atoms with van der Waals surface area (Å²) in [6, 6.07) is 13.1. The van der Waals surface area contributed by atoms with Gasteiger partial charge in [0.15, 0.2) is 5.78 Å². The van der Waals surface area contributed by atoms with E-state index in [-0.39, 0.29) is 11.2 Å². The van der Waals surface area contributed by atoms with Gasteiger partial charge in [-0.3, -0.25) is 4.79 Å². The van der Waals surface area contributed by atoms with E-state index in [1.54, 1.807) is 19.2 Å². The fourth-order valence-electron chi connectivity index (χ4n) is 4.14. The Morgan fingerprint density at radius 2 is 1.72 bits per heavy atom. The molecule has 2 aromatic rings. The summed E-state index contributed by atoms with van der Waals surface area (Å²) in [4.78, 5) is 13.1. The minimum Gasteiger partial charge on any atom is -0.457 e. The standard InChI is InChI=1S/C21H21ClO3/c1-24-16-8-10-21(11-9-16)13-14-2-5-18(12-19(14)20(21)23)25-17-6-3-15(22)4-7-17/h2-7,12,16H,8-11,13H2,1H3. The zero-order chi connectivity index (χ0) is 17.4. The van der Waals surface area contributed by atoms with Crippen LogP contribution in [0.1, 0.15) is 41.6 Å². The second-order valence-electron chi connectivity index (χ2n) is 7.10. The second-order valence-corrected chi connectivity index (χ2v) is 7.53. The van der Waals surface area contributed by atoms with Gasteiger partial charge in [-0.15, -0.1) is 0 Å². The maximum absolute atomic E-state index is 13.1. The summed E-state index contributed by atoms with van der Waals surface area (Å²) in [5.41, 5.74) is 1.74. The fraction of sp³-hybridized carbons (Fsp3) is 0.381. The molecule has 2 aromatic carbocycles. The van der Waals surface area contributed by atoms with Crippen LogP contribution >= 0.6 is 11.6 Å². The molecule has 130 valence electrons. The number of ketones is 1. The third-order valence-corrected chi connectivity index (χ3v) is 5.86. The number of carbonyl (C=O) groups excluding carboxylic acids is 1. The highest BCUT2D eigenvalue weighted by Gasteiger charge is 2.47. The van der Waals surface area contributed by atoms with Crippen LogP contribution in [0.4, 0.5) is 0 Å². The Morgan fingerprint density at radius 3 is 2.40 bits per heavy atom. The largest absolute Gasteiger partial charge is 0.457 e. The van der Waals surface area contributed by atoms with Gasteiger partial charge in [-0.1, -0.05) is 17.7 Å². The smallest absolute Gasteiger partial charge is 0.169 e. The number of fused-ring (bicyclic) bond motifs is 1. The number of hydrogen-bond donors (Lipinski definition) is 0. The Hall–Kier alpha value is -1.84. The summed E-state index contributed by atoms with van der Waals surface area (Å²) < 4.78 is 11.3. The Morgan fingerprint density at radius 1 is 1.04 bits per heavy atom. The third kappa shape index (κ3) is 3.07. The molecule has 4 rings (SSSR count). The molecule has 0 N–H and O–H groups in total. The highest BCUT2D eigenvalue weighted by molar-refractivity contribution is 6.30. The molecule has 0 amide bonds. The lowest BCUT2D eigenvalue weighted by Gasteiger charge is -2.35. The van der Waals surface area contributed by atoms with Crippen LogP contribution in [0.2, 0.25) is 5.02 Å². The zero-order valence-electron chi connectivity index (χ0n) is 14.3. The van der Waals surface area contributed by atoms with Gasteiger partial charge >= 0.3 is 0 Å². The van der Waals surface area contributed by atoms with Crippen molar-refractivity contribution < 1.29 is 14.3 Å². The SMILES string of the molecule is COC1CCC2(CC1)Cc1ccc(Oc3ccc(Cl)cc3)cc1C2=O. The van der Waals surface area contributed by atoms with Crippen molar-refractivity contribution in [3.8, 4) is 11.5 Å². The van der Waals surface area contributed by atoms with E-state index in [0.29, 0.717) is 22.6 Å². The van der Waals surface area contributed by atoms with Crippen LogP contribution in [-0.2, 0) is 11.2 Å². The number of carbonyl (C=O) groups is 1. The van der Waals surface area contributed by atoms with Crippen molar-refractivity contribution in [3.63, 3.8) is 0 Å². The van der Waals surface area contributed by atoms with Crippen LogP contribution < -0.4 is 4.74 Å². The molecule has 2 aliphatic rings. The number of hydrogen-bond acceptors (Lipinski definition) is 3. The maximum Gasteiger partial charge on any atom is 0.169 e. The van der Waals surface area contributed by atoms with E-state index < -0.39 is 0 Å². The number of methoxy groups -OCH3 is 1. The van der Waals surface area contributed by atoms with Crippen LogP contribution in [0.25, 0.3) is 0 Å². The van der Waals surface area contributed by atoms with E-state index in [0.717, 1.165) is 43.2 Å². The van der Waals surface area contributed by atoms with Crippen molar-refractivity contribution in [1.29, 1.82) is 0 Å². The van der Waals surface area contributed by atoms with E-state index in [2.05, 4.69) is 0 Å². The molecule has 3 nitrogen and oxygen atoms in total. The van der Waals surface area contributed by atoms with Crippen molar-refractivity contribution in [2.45, 2.75) is 38.2 Å². The predicted molar refractivity (Wildman–Crippen MR) is 97.7 cm³/mol. The number of Topliss-reactive ketones (excluding diaryl/α,β-unsaturated/α-hetero) is 1. The summed E-state index contributed by atoms with van der Waals surface area (Å²) in [5.74, 6) is 1.68. The predicted octanol–water partition coefficient (Wildman–Crippen LogP) is 5.45. The summed E-state index contributed by atoms with van der Waals surface area (Å²) in [6.07, 6.45) is 4.89. The van der Waals surface area contributed by atoms with E-state index in [1.165, 1.54) is 0 Å². The minimum absolute atomic E-state index is 0.226. The van der Waals surface area contributed by atoms with Crippen molar-refractivity contribution >= 4 is 17.4 Å². The van der Waals surface area contributed by atoms with Crippen molar-refractivity contribution in [2.24, 2.45) is 5.41 Å². The average Bonchev–Trinajstić information content (AvgIpc) is 2.90. The lowest BCUT2D eigenvalue weighted by molar-refractivity contribution is 0.0285. The maximum atomic E-state index is 13.1. The van der Waals surface area contributed by atoms with E-state index >= 15 is 0 Å². The molecule has 0 aromatic heterocycles. The van der Waals surface area contributed by atoms with Gasteiger partial charge in [0.1, 0.15) is 11.5 Å². The van der Waals surface area contributed by atoms with Gasteiger partial charge < -0.3 is 9.47 Å². The molecular formula is C21H21ClO3. The molecule has 0 heterocycles. The molecule has 25 heavy (non-hydrogen) atoms. The first-order chi connectivity index (χ1) is 12.1. The monoisotopic (exact) mass is 356 g/mol. The highest BCUT2D eigenvalue weighted by atomic mass is 35.5. The molecule has 1 saturated carbocycles. The molecule has 0 radical (unpaired) electrons. The average molecular weight is 357 g/mol. The van der Waals surface area contributed by atoms with E-state index in [4.69, 9.17) is 21.1 Å². The Kier molecular flexibility index (Phi) is 4.30. The van der Waals surface area contributed by atoms with Gasteiger partial charge in [0.25, 0.3) is 0 Å². The number of ether oxygens (including phenoxy) is 2. The van der Waals surface area contributed by atoms with Crippen molar-refractivity contribution in [1.82, 2.24) is 0 Å². The van der Waals surface area contributed by atoms with Gasteiger partial charge in [-0.05, 0) is 74.1 Å². The van der Waals surface area contributed by atoms with Crippen LogP contribution in [0.3, 0.4) is 0 Å². The van der Waals surface area contributed by atoms with Crippen LogP contribution in [0.15, 0.2) is 42.5 Å². The topological polar surface area (TPSA) is 35.5 Å². The molecule has 0 atom stereocenters. The van der Waals surface area contributed by atoms with Crippen LogP contribution in [0.5, 0.6) is 11.5 Å². The van der Waals surface area contributed by atoms with Gasteiger partial charge in [0, 0.05) is 23.1 Å². The first kappa shape index (κ1) is 16.6. The lowest BCUT2D eigenvalue weighted by Crippen LogP contribution is -2.35. The first-order valence-electron chi connectivity index (χ1n) is 8.74. The fourth-order valence-corrected chi connectivity index (χ4v) is 4.26. The normalized spacial score (nSPS) is 25.2. The lowest BCUT2D eigenvalue weighted by atomic mass is 9.70. The van der Waals surface area contributed by atoms with E-state index in [1.807, 2.05) is 30.3 Å². The number of rotatable bonds is 3. The minimum atomic E-state index is -0.226. The van der Waals surface area contributed by atoms with E-state index in [9.17, 15) is 4.79 Å². The third-order valence-electron chi connectivity index (χ3n) is 5.61. The highest BCUT2D eigenvalue weighted by Crippen LogP contribution is 2.48. The van der Waals surface area contributed by atoms with Gasteiger partial charge in [0.2, 0.25) is 0 Å². The second kappa shape index (κ2) is 6.47. The summed E-state index contributed by atoms with van der Waals surface area (Å²) in [5, 5.41) is 0.671. The summed E-state index contributed by atoms with van der Waals surface area (Å²) in [6.45, 7) is 0. The van der Waals surface area contributed by atoms with Crippen LogP contribution in [0, 0.1) is 5.41 Å². The molecule has 0 unspecified atom stereocenters. The van der Waals surface area contributed by atoms with Crippen LogP contribution in [-0.4, -0.2) is 19.0 Å².